The van der Waals surface area contributed by atoms with E-state index in [1.54, 1.807) is 12.4 Å². The molecular formula is C13H19N3O. The Kier molecular flexibility index (Phi) is 5.44. The van der Waals surface area contributed by atoms with Crippen molar-refractivity contribution in [3.05, 3.63) is 18.1 Å². The van der Waals surface area contributed by atoms with Gasteiger partial charge in [0.05, 0.1) is 24.6 Å². The van der Waals surface area contributed by atoms with Crippen LogP contribution in [0.3, 0.4) is 0 Å². The lowest BCUT2D eigenvalue weighted by molar-refractivity contribution is 0.352. The van der Waals surface area contributed by atoms with Gasteiger partial charge in [0.1, 0.15) is 0 Å². The van der Waals surface area contributed by atoms with E-state index in [1.165, 1.54) is 0 Å². The second-order valence-electron chi connectivity index (χ2n) is 4.31. The zero-order valence-corrected chi connectivity index (χ0v) is 10.9. The van der Waals surface area contributed by atoms with E-state index >= 15 is 0 Å². The van der Waals surface area contributed by atoms with Crippen molar-refractivity contribution in [2.45, 2.75) is 19.8 Å². The summed E-state index contributed by atoms with van der Waals surface area (Å²) >= 11 is 0. The number of hydrogen-bond donors (Lipinski definition) is 0. The minimum Gasteiger partial charge on any atom is -0.463 e. The molecule has 0 aliphatic rings. The summed E-state index contributed by atoms with van der Waals surface area (Å²) in [4.78, 5) is 10.4. The van der Waals surface area contributed by atoms with Gasteiger partial charge < -0.3 is 4.74 Å². The maximum atomic E-state index is 5.36. The summed E-state index contributed by atoms with van der Waals surface area (Å²) in [6, 6.07) is 0. The maximum Gasteiger partial charge on any atom is 0.233 e. The highest BCUT2D eigenvalue weighted by Crippen LogP contribution is 2.11. The Bertz CT molecular complexity index is 387. The molecule has 1 aromatic rings. The third-order valence-corrected chi connectivity index (χ3v) is 2.05. The van der Waals surface area contributed by atoms with E-state index in [1.807, 2.05) is 19.0 Å². The second kappa shape index (κ2) is 6.87. The van der Waals surface area contributed by atoms with Crippen molar-refractivity contribution in [1.29, 1.82) is 0 Å². The summed E-state index contributed by atoms with van der Waals surface area (Å²) in [5.74, 6) is 6.82. The normalized spacial score (nSPS) is 10.2. The highest BCUT2D eigenvalue weighted by molar-refractivity contribution is 5.11. The maximum absolute atomic E-state index is 5.36. The van der Waals surface area contributed by atoms with Gasteiger partial charge >= 0.3 is 0 Å². The van der Waals surface area contributed by atoms with Crippen molar-refractivity contribution < 1.29 is 4.74 Å². The Morgan fingerprint density at radius 2 is 2.00 bits per heavy atom. The number of hydrogen-bond acceptors (Lipinski definition) is 4. The van der Waals surface area contributed by atoms with Gasteiger partial charge in [-0.3, -0.25) is 9.88 Å². The summed E-state index contributed by atoms with van der Waals surface area (Å²) < 4.78 is 5.36. The second-order valence-corrected chi connectivity index (χ2v) is 4.31. The van der Waals surface area contributed by atoms with Crippen LogP contribution in [-0.4, -0.2) is 42.1 Å². The average Bonchev–Trinajstić information content (AvgIpc) is 2.29. The van der Waals surface area contributed by atoms with Gasteiger partial charge in [-0.25, -0.2) is 4.98 Å². The van der Waals surface area contributed by atoms with Crippen LogP contribution in [0.5, 0.6) is 5.88 Å². The van der Waals surface area contributed by atoms with Crippen molar-refractivity contribution in [2.75, 3.05) is 27.2 Å². The molecule has 4 heteroatoms. The molecule has 0 aliphatic heterocycles. The molecule has 92 valence electrons. The topological polar surface area (TPSA) is 38.2 Å². The molecular weight excluding hydrogens is 214 g/mol. The molecule has 1 heterocycles. The van der Waals surface area contributed by atoms with Crippen molar-refractivity contribution in [3.8, 4) is 17.7 Å². The Balaban J connectivity index is 2.39. The summed E-state index contributed by atoms with van der Waals surface area (Å²) in [6.45, 7) is 5.25. The number of rotatable bonds is 4. The van der Waals surface area contributed by atoms with E-state index in [4.69, 9.17) is 4.74 Å². The molecule has 0 N–H and O–H groups in total. The van der Waals surface area contributed by atoms with Crippen LogP contribution in [0.1, 0.15) is 25.5 Å². The Morgan fingerprint density at radius 1 is 1.24 bits per heavy atom. The molecule has 17 heavy (non-hydrogen) atoms. The monoisotopic (exact) mass is 233 g/mol. The molecule has 1 aromatic heterocycles. The first-order chi connectivity index (χ1) is 8.09. The fraction of sp³-hybridized carbons (Fsp3) is 0.538. The van der Waals surface area contributed by atoms with Gasteiger partial charge in [0.15, 0.2) is 6.61 Å². The van der Waals surface area contributed by atoms with Crippen LogP contribution in [0.4, 0.5) is 0 Å². The molecule has 0 amide bonds. The highest BCUT2D eigenvalue weighted by atomic mass is 16.5. The lowest BCUT2D eigenvalue weighted by Gasteiger charge is -2.04. The largest absolute Gasteiger partial charge is 0.463 e. The Labute approximate surface area is 103 Å². The molecule has 0 radical (unpaired) electrons. The third kappa shape index (κ3) is 5.32. The molecule has 0 unspecified atom stereocenters. The fourth-order valence-corrected chi connectivity index (χ4v) is 1.07. The van der Waals surface area contributed by atoms with E-state index in [-0.39, 0.29) is 0 Å². The smallest absolute Gasteiger partial charge is 0.233 e. The molecule has 0 spiro atoms. The molecule has 0 bridgehead atoms. The van der Waals surface area contributed by atoms with E-state index in [9.17, 15) is 0 Å². The van der Waals surface area contributed by atoms with Crippen LogP contribution in [0, 0.1) is 11.8 Å². The predicted octanol–water partition coefficient (Wildman–Crippen LogP) is 1.54. The first-order valence-corrected chi connectivity index (χ1v) is 5.64. The van der Waals surface area contributed by atoms with Gasteiger partial charge in [-0.15, -0.1) is 0 Å². The van der Waals surface area contributed by atoms with Crippen molar-refractivity contribution in [2.24, 2.45) is 0 Å². The van der Waals surface area contributed by atoms with Gasteiger partial charge in [-0.05, 0) is 20.0 Å². The summed E-state index contributed by atoms with van der Waals surface area (Å²) in [6.07, 6.45) is 3.39. The first-order valence-electron chi connectivity index (χ1n) is 5.64. The molecule has 0 aliphatic carbocycles. The minimum atomic E-state index is 0.351. The predicted molar refractivity (Wildman–Crippen MR) is 67.9 cm³/mol. The summed E-state index contributed by atoms with van der Waals surface area (Å²) in [5, 5.41) is 0. The van der Waals surface area contributed by atoms with E-state index in [0.717, 1.165) is 12.2 Å². The van der Waals surface area contributed by atoms with Gasteiger partial charge in [0.2, 0.25) is 5.88 Å². The SMILES string of the molecule is CC(C)c1cnc(OCC#CCN(C)C)cn1. The molecule has 4 nitrogen and oxygen atoms in total. The lowest BCUT2D eigenvalue weighted by Crippen LogP contribution is -2.11. The molecule has 0 atom stereocenters. The quantitative estimate of drug-likeness (QED) is 0.739. The van der Waals surface area contributed by atoms with Crippen LogP contribution in [-0.2, 0) is 0 Å². The van der Waals surface area contributed by atoms with Gasteiger partial charge in [-0.1, -0.05) is 25.7 Å². The van der Waals surface area contributed by atoms with Crippen LogP contribution >= 0.6 is 0 Å². The van der Waals surface area contributed by atoms with Gasteiger partial charge in [-0.2, -0.15) is 0 Å². The van der Waals surface area contributed by atoms with Crippen molar-refractivity contribution in [1.82, 2.24) is 14.9 Å². The Hall–Kier alpha value is -1.60. The van der Waals surface area contributed by atoms with Gasteiger partial charge in [0.25, 0.3) is 0 Å². The van der Waals surface area contributed by atoms with Crippen molar-refractivity contribution in [3.63, 3.8) is 0 Å². The number of ether oxygens (including phenoxy) is 1. The molecule has 0 saturated heterocycles. The zero-order valence-electron chi connectivity index (χ0n) is 10.9. The molecule has 0 aromatic carbocycles. The third-order valence-electron chi connectivity index (χ3n) is 2.05. The fourth-order valence-electron chi connectivity index (χ4n) is 1.07. The Morgan fingerprint density at radius 3 is 2.53 bits per heavy atom. The highest BCUT2D eigenvalue weighted by Gasteiger charge is 2.01. The van der Waals surface area contributed by atoms with Crippen LogP contribution in [0.2, 0.25) is 0 Å². The average molecular weight is 233 g/mol. The van der Waals surface area contributed by atoms with E-state index in [0.29, 0.717) is 18.4 Å². The summed E-state index contributed by atoms with van der Waals surface area (Å²) in [7, 11) is 3.96. The minimum absolute atomic E-state index is 0.351. The van der Waals surface area contributed by atoms with Crippen LogP contribution in [0.25, 0.3) is 0 Å². The lowest BCUT2D eigenvalue weighted by atomic mass is 10.1. The number of aromatic nitrogens is 2. The van der Waals surface area contributed by atoms with Crippen LogP contribution in [0.15, 0.2) is 12.4 Å². The number of nitrogens with zero attached hydrogens (tertiary/aromatic N) is 3. The molecule has 0 saturated carbocycles. The zero-order chi connectivity index (χ0) is 12.7. The van der Waals surface area contributed by atoms with E-state index in [2.05, 4.69) is 35.7 Å². The summed E-state index contributed by atoms with van der Waals surface area (Å²) in [5.41, 5.74) is 0.969. The van der Waals surface area contributed by atoms with Gasteiger partial charge in [0, 0.05) is 0 Å². The molecule has 1 rings (SSSR count). The van der Waals surface area contributed by atoms with E-state index < -0.39 is 0 Å². The first kappa shape index (κ1) is 13.5. The standard InChI is InChI=1S/C13H19N3O/c1-11(2)12-9-15-13(10-14-12)17-8-6-5-7-16(3)4/h9-11H,7-8H2,1-4H3. The van der Waals surface area contributed by atoms with Crippen molar-refractivity contribution >= 4 is 0 Å². The molecule has 0 fully saturated rings. The van der Waals surface area contributed by atoms with Crippen LogP contribution < -0.4 is 4.74 Å².